The van der Waals surface area contributed by atoms with E-state index in [4.69, 9.17) is 0 Å². The largest absolute Gasteiger partial charge is 0.412 e. The van der Waals surface area contributed by atoms with Crippen LogP contribution in [0, 0.1) is 0 Å². The molecule has 1 heterocycles. The number of aryl methyl sites for hydroxylation is 1. The van der Waals surface area contributed by atoms with E-state index in [0.717, 1.165) is 0 Å². The van der Waals surface area contributed by atoms with E-state index in [1.807, 2.05) is 0 Å². The second kappa shape index (κ2) is 5.12. The maximum absolute atomic E-state index is 12.1. The van der Waals surface area contributed by atoms with Gasteiger partial charge in [0.25, 0.3) is 0 Å². The van der Waals surface area contributed by atoms with Gasteiger partial charge in [0.15, 0.2) is 13.7 Å². The van der Waals surface area contributed by atoms with E-state index in [0.29, 0.717) is 5.52 Å². The molecular weight excluding hydrogens is 296 g/mol. The van der Waals surface area contributed by atoms with Gasteiger partial charge in [-0.3, -0.25) is 9.09 Å². The Hall–Kier alpha value is -1.50. The van der Waals surface area contributed by atoms with E-state index in [2.05, 4.69) is 9.62 Å². The molecule has 0 saturated heterocycles. The van der Waals surface area contributed by atoms with Crippen LogP contribution in [0.25, 0.3) is 10.9 Å². The predicted molar refractivity (Wildman–Crippen MR) is 64.4 cm³/mol. The quantitative estimate of drug-likeness (QED) is 0.688. The zero-order valence-corrected chi connectivity index (χ0v) is 11.2. The molecule has 0 aliphatic heterocycles. The molecular formula is C11H11F3N2O3P+. The lowest BCUT2D eigenvalue weighted by Crippen LogP contribution is -2.37. The molecule has 1 aromatic carbocycles. The summed E-state index contributed by atoms with van der Waals surface area (Å²) in [5.41, 5.74) is 0.386. The first-order chi connectivity index (χ1) is 9.19. The van der Waals surface area contributed by atoms with E-state index >= 15 is 0 Å². The third-order valence-electron chi connectivity index (χ3n) is 2.46. The maximum Gasteiger partial charge on any atom is 0.412 e. The van der Waals surface area contributed by atoms with Gasteiger partial charge >= 0.3 is 13.8 Å². The summed E-state index contributed by atoms with van der Waals surface area (Å²) in [6.45, 7) is -1.79. The molecule has 1 atom stereocenters. The number of alkyl halides is 3. The molecule has 0 spiro atoms. The predicted octanol–water partition coefficient (Wildman–Crippen LogP) is 1.45. The number of nitrogens with zero attached hydrogens (tertiary/aromatic N) is 2. The lowest BCUT2D eigenvalue weighted by Gasteiger charge is -2.13. The Morgan fingerprint density at radius 1 is 1.40 bits per heavy atom. The summed E-state index contributed by atoms with van der Waals surface area (Å²) in [5, 5.41) is 4.13. The van der Waals surface area contributed by atoms with Crippen LogP contribution in [0.2, 0.25) is 0 Å². The molecule has 1 aromatic heterocycles. The summed E-state index contributed by atoms with van der Waals surface area (Å²) in [6.07, 6.45) is -3.50. The van der Waals surface area contributed by atoms with Crippen molar-refractivity contribution in [3.63, 3.8) is 0 Å². The molecule has 0 fully saturated rings. The van der Waals surface area contributed by atoms with Crippen LogP contribution in [0.4, 0.5) is 13.2 Å². The smallest absolute Gasteiger partial charge is 0.321 e. The topological polar surface area (TPSA) is 63.3 Å². The van der Waals surface area contributed by atoms with Gasteiger partial charge in [-0.05, 0) is 11.2 Å². The highest BCUT2D eigenvalue weighted by Crippen LogP contribution is 2.43. The third kappa shape index (κ3) is 3.33. The maximum atomic E-state index is 12.1. The molecule has 2 rings (SSSR count). The molecule has 0 radical (unpaired) electrons. The summed E-state index contributed by atoms with van der Waals surface area (Å²) in [5.74, 6) is 0. The summed E-state index contributed by atoms with van der Waals surface area (Å²) < 4.78 is 53.8. The number of aromatic nitrogens is 2. The van der Waals surface area contributed by atoms with E-state index in [9.17, 15) is 22.6 Å². The minimum absolute atomic E-state index is 0.213. The van der Waals surface area contributed by atoms with Crippen LogP contribution >= 0.6 is 7.60 Å². The van der Waals surface area contributed by atoms with Crippen LogP contribution in [0.15, 0.2) is 30.5 Å². The number of rotatable bonds is 3. The molecule has 0 aliphatic rings. The lowest BCUT2D eigenvalue weighted by atomic mass is 10.2. The van der Waals surface area contributed by atoms with Gasteiger partial charge in [-0.15, -0.1) is 0 Å². The number of halogens is 3. The van der Waals surface area contributed by atoms with Crippen molar-refractivity contribution in [2.45, 2.75) is 6.18 Å². The fraction of sp³-hybridized carbons (Fsp3) is 0.273. The average molecular weight is 307 g/mol. The molecule has 108 valence electrons. The Kier molecular flexibility index (Phi) is 3.82. The molecule has 1 N–H and O–H groups in total. The normalized spacial score (nSPS) is 15.2. The Balaban J connectivity index is 2.48. The average Bonchev–Trinajstić information content (AvgIpc) is 2.35. The third-order valence-corrected chi connectivity index (χ3v) is 3.91. The fourth-order valence-electron chi connectivity index (χ4n) is 1.68. The molecule has 0 aliphatic carbocycles. The van der Waals surface area contributed by atoms with E-state index in [1.165, 1.54) is 24.0 Å². The van der Waals surface area contributed by atoms with Crippen LogP contribution in [0.3, 0.4) is 0 Å². The monoisotopic (exact) mass is 307 g/mol. The Labute approximate surface area is 112 Å². The van der Waals surface area contributed by atoms with Gasteiger partial charge in [0, 0.05) is 5.39 Å². The van der Waals surface area contributed by atoms with Crippen molar-refractivity contribution in [3.8, 4) is 0 Å². The van der Waals surface area contributed by atoms with Crippen molar-refractivity contribution in [1.29, 1.82) is 0 Å². The van der Waals surface area contributed by atoms with E-state index < -0.39 is 20.4 Å². The molecule has 0 saturated carbocycles. The molecule has 0 amide bonds. The fourth-order valence-corrected chi connectivity index (χ4v) is 2.95. The molecule has 0 bridgehead atoms. The van der Waals surface area contributed by atoms with Gasteiger partial charge in [0.1, 0.15) is 10.8 Å². The molecule has 5 nitrogen and oxygen atoms in total. The summed E-state index contributed by atoms with van der Waals surface area (Å²) in [7, 11) is -3.09. The second-order valence-corrected chi connectivity index (χ2v) is 5.90. The van der Waals surface area contributed by atoms with Crippen molar-refractivity contribution >= 4 is 23.8 Å². The first-order valence-electron chi connectivity index (χ1n) is 5.49. The van der Waals surface area contributed by atoms with Crippen LogP contribution in [-0.2, 0) is 16.1 Å². The van der Waals surface area contributed by atoms with Gasteiger partial charge in [-0.25, -0.2) is 0 Å². The van der Waals surface area contributed by atoms with Gasteiger partial charge in [0.2, 0.25) is 6.20 Å². The Morgan fingerprint density at radius 2 is 2.05 bits per heavy atom. The van der Waals surface area contributed by atoms with Crippen molar-refractivity contribution < 1.29 is 31.8 Å². The van der Waals surface area contributed by atoms with E-state index in [-0.39, 0.29) is 10.7 Å². The van der Waals surface area contributed by atoms with Gasteiger partial charge in [-0.1, -0.05) is 22.9 Å². The minimum atomic E-state index is -4.68. The highest BCUT2D eigenvalue weighted by molar-refractivity contribution is 7.61. The molecule has 9 heteroatoms. The van der Waals surface area contributed by atoms with Crippen molar-refractivity contribution in [2.75, 3.05) is 6.61 Å². The Bertz CT molecular complexity index is 690. The zero-order chi connectivity index (χ0) is 15.0. The van der Waals surface area contributed by atoms with E-state index in [1.54, 1.807) is 18.2 Å². The van der Waals surface area contributed by atoms with Crippen molar-refractivity contribution in [3.05, 3.63) is 30.5 Å². The van der Waals surface area contributed by atoms with Crippen molar-refractivity contribution in [1.82, 2.24) is 5.10 Å². The standard InChI is InChI=1S/C11H10F3N2O3P/c1-16-6-10(8-4-2-3-5-9(8)15-16)20(17,18)19-7-11(12,13)14/h2-6H,7H2,1H3/p+1. The number of fused-ring (bicyclic) bond motifs is 1. The number of hydrogen-bond acceptors (Lipinski definition) is 3. The lowest BCUT2D eigenvalue weighted by molar-refractivity contribution is -0.727. The number of benzene rings is 1. The summed E-state index contributed by atoms with van der Waals surface area (Å²) in [4.78, 5) is 9.76. The van der Waals surface area contributed by atoms with Crippen LogP contribution < -0.4 is 9.99 Å². The molecule has 2 aromatic rings. The molecule has 20 heavy (non-hydrogen) atoms. The van der Waals surface area contributed by atoms with Crippen LogP contribution in [0.1, 0.15) is 0 Å². The van der Waals surface area contributed by atoms with Crippen molar-refractivity contribution in [2.24, 2.45) is 7.05 Å². The minimum Gasteiger partial charge on any atom is -0.321 e. The van der Waals surface area contributed by atoms with Crippen LogP contribution in [0.5, 0.6) is 0 Å². The second-order valence-electron chi connectivity index (χ2n) is 4.11. The van der Waals surface area contributed by atoms with Crippen LogP contribution in [-0.4, -0.2) is 22.8 Å². The first-order valence-corrected chi connectivity index (χ1v) is 7.07. The number of hydrogen-bond donors (Lipinski definition) is 1. The highest BCUT2D eigenvalue weighted by Gasteiger charge is 2.36. The van der Waals surface area contributed by atoms with Gasteiger partial charge in [0.05, 0.1) is 0 Å². The first kappa shape index (κ1) is 14.9. The Morgan fingerprint density at radius 3 is 2.70 bits per heavy atom. The molecule has 1 unspecified atom stereocenters. The highest BCUT2D eigenvalue weighted by atomic mass is 31.2. The van der Waals surface area contributed by atoms with Gasteiger partial charge < -0.3 is 4.89 Å². The summed E-state index contributed by atoms with van der Waals surface area (Å²) in [6, 6.07) is 6.34. The zero-order valence-electron chi connectivity index (χ0n) is 10.3. The SMILES string of the molecule is C[n+]1cc(P(=O)(O)OCC(F)(F)F)c2ccccc2n1. The summed E-state index contributed by atoms with van der Waals surface area (Å²) >= 11 is 0. The van der Waals surface area contributed by atoms with Gasteiger partial charge in [-0.2, -0.15) is 13.2 Å².